The lowest BCUT2D eigenvalue weighted by Gasteiger charge is -2.17. The number of hydrogen-bond donors (Lipinski definition) is 1. The van der Waals surface area contributed by atoms with Gasteiger partial charge in [-0.1, -0.05) is 11.3 Å². The molecule has 1 aliphatic rings. The van der Waals surface area contributed by atoms with Gasteiger partial charge in [-0.05, 0) is 24.3 Å². The molecule has 6 nitrogen and oxygen atoms in total. The number of nitrogens with zero attached hydrogens (tertiary/aromatic N) is 1. The van der Waals surface area contributed by atoms with Crippen LogP contribution in [0.3, 0.4) is 0 Å². The number of benzene rings is 2. The van der Waals surface area contributed by atoms with Crippen LogP contribution < -0.4 is 19.5 Å². The molecule has 4 rings (SSSR count). The number of thiazole rings is 1. The second-order valence-electron chi connectivity index (χ2n) is 5.80. The molecule has 2 heterocycles. The first kappa shape index (κ1) is 17.9. The third-order valence-electron chi connectivity index (χ3n) is 3.96. The van der Waals surface area contributed by atoms with E-state index in [1.54, 1.807) is 18.9 Å². The number of amides is 1. The van der Waals surface area contributed by atoms with Crippen molar-refractivity contribution in [3.05, 3.63) is 36.4 Å². The number of methoxy groups -OCH3 is 1. The van der Waals surface area contributed by atoms with E-state index in [1.165, 1.54) is 11.3 Å². The van der Waals surface area contributed by atoms with E-state index in [2.05, 4.69) is 10.3 Å². The van der Waals surface area contributed by atoms with Crippen LogP contribution in [0.2, 0.25) is 0 Å². The molecule has 2 aromatic carbocycles. The lowest BCUT2D eigenvalue weighted by atomic mass is 10.3. The first-order valence-electron chi connectivity index (χ1n) is 8.48. The molecule has 3 aromatic rings. The number of carbonyl (C=O) groups excluding carboxylic acids is 1. The number of nitrogens with one attached hydrogen (secondary N) is 1. The fraction of sp³-hybridized carbons (Fsp3) is 0.263. The zero-order valence-corrected chi connectivity index (χ0v) is 16.3. The van der Waals surface area contributed by atoms with Gasteiger partial charge in [0, 0.05) is 29.2 Å². The SMILES string of the molecule is COc1ccc(SCCC(=O)Nc2nc3cc4c(cc3s2)OCCO4)cc1. The van der Waals surface area contributed by atoms with Crippen molar-refractivity contribution < 1.29 is 19.0 Å². The molecule has 0 atom stereocenters. The van der Waals surface area contributed by atoms with Crippen LogP contribution in [0, 0.1) is 0 Å². The smallest absolute Gasteiger partial charge is 0.226 e. The molecule has 1 amide bonds. The predicted molar refractivity (Wildman–Crippen MR) is 108 cm³/mol. The zero-order valence-electron chi connectivity index (χ0n) is 14.7. The number of carbonyl (C=O) groups is 1. The van der Waals surface area contributed by atoms with Crippen molar-refractivity contribution in [1.82, 2.24) is 4.98 Å². The van der Waals surface area contributed by atoms with Crippen molar-refractivity contribution in [3.63, 3.8) is 0 Å². The van der Waals surface area contributed by atoms with Crippen molar-refractivity contribution >= 4 is 44.4 Å². The van der Waals surface area contributed by atoms with Gasteiger partial charge in [0.15, 0.2) is 16.6 Å². The Morgan fingerprint density at radius 2 is 1.96 bits per heavy atom. The average molecular weight is 402 g/mol. The predicted octanol–water partition coefficient (Wildman–Crippen LogP) is 4.20. The maximum absolute atomic E-state index is 12.2. The summed E-state index contributed by atoms with van der Waals surface area (Å²) in [5.41, 5.74) is 0.798. The second kappa shape index (κ2) is 8.06. The number of rotatable bonds is 6. The Labute approximate surface area is 164 Å². The third kappa shape index (κ3) is 4.28. The zero-order chi connectivity index (χ0) is 18.6. The number of fused-ring (bicyclic) bond motifs is 2. The minimum atomic E-state index is -0.0488. The summed E-state index contributed by atoms with van der Waals surface area (Å²) in [6, 6.07) is 11.6. The van der Waals surface area contributed by atoms with Crippen LogP contribution in [-0.4, -0.2) is 37.0 Å². The van der Waals surface area contributed by atoms with E-state index in [4.69, 9.17) is 14.2 Å². The maximum Gasteiger partial charge on any atom is 0.226 e. The summed E-state index contributed by atoms with van der Waals surface area (Å²) < 4.78 is 17.3. The van der Waals surface area contributed by atoms with Gasteiger partial charge < -0.3 is 19.5 Å². The Kier molecular flexibility index (Phi) is 5.35. The fourth-order valence-electron chi connectivity index (χ4n) is 2.63. The van der Waals surface area contributed by atoms with Crippen molar-refractivity contribution in [2.75, 3.05) is 31.4 Å². The molecule has 0 spiro atoms. The van der Waals surface area contributed by atoms with Crippen LogP contribution in [0.1, 0.15) is 6.42 Å². The van der Waals surface area contributed by atoms with Gasteiger partial charge in [-0.25, -0.2) is 4.98 Å². The van der Waals surface area contributed by atoms with Gasteiger partial charge in [-0.2, -0.15) is 0 Å². The Morgan fingerprint density at radius 1 is 1.22 bits per heavy atom. The topological polar surface area (TPSA) is 69.7 Å². The average Bonchev–Trinajstić information content (AvgIpc) is 3.07. The first-order valence-corrected chi connectivity index (χ1v) is 10.3. The van der Waals surface area contributed by atoms with Crippen molar-refractivity contribution in [3.8, 4) is 17.2 Å². The lowest BCUT2D eigenvalue weighted by Crippen LogP contribution is -2.15. The molecule has 0 radical (unpaired) electrons. The summed E-state index contributed by atoms with van der Waals surface area (Å²) in [5.74, 6) is 2.90. The minimum absolute atomic E-state index is 0.0488. The van der Waals surface area contributed by atoms with E-state index in [-0.39, 0.29) is 5.91 Å². The maximum atomic E-state index is 12.2. The molecule has 0 unspecified atom stereocenters. The summed E-state index contributed by atoms with van der Waals surface area (Å²) in [5, 5.41) is 3.47. The van der Waals surface area contributed by atoms with Crippen molar-refractivity contribution in [1.29, 1.82) is 0 Å². The van der Waals surface area contributed by atoms with Crippen molar-refractivity contribution in [2.45, 2.75) is 11.3 Å². The van der Waals surface area contributed by atoms with Gasteiger partial charge in [-0.3, -0.25) is 4.79 Å². The van der Waals surface area contributed by atoms with Gasteiger partial charge in [0.2, 0.25) is 5.91 Å². The molecule has 0 saturated heterocycles. The lowest BCUT2D eigenvalue weighted by molar-refractivity contribution is -0.115. The van der Waals surface area contributed by atoms with Gasteiger partial charge in [0.05, 0.1) is 17.3 Å². The van der Waals surface area contributed by atoms with Crippen LogP contribution in [0.15, 0.2) is 41.3 Å². The molecule has 0 fully saturated rings. The van der Waals surface area contributed by atoms with E-state index in [9.17, 15) is 4.79 Å². The van der Waals surface area contributed by atoms with Crippen LogP contribution in [-0.2, 0) is 4.79 Å². The fourth-order valence-corrected chi connectivity index (χ4v) is 4.38. The molecule has 27 heavy (non-hydrogen) atoms. The van der Waals surface area contributed by atoms with E-state index in [1.807, 2.05) is 36.4 Å². The second-order valence-corrected chi connectivity index (χ2v) is 8.00. The van der Waals surface area contributed by atoms with Crippen LogP contribution >= 0.6 is 23.1 Å². The molecule has 1 aromatic heterocycles. The molecular formula is C19H18N2O4S2. The van der Waals surface area contributed by atoms with Crippen molar-refractivity contribution in [2.24, 2.45) is 0 Å². The number of hydrogen-bond acceptors (Lipinski definition) is 7. The Hall–Kier alpha value is -2.45. The highest BCUT2D eigenvalue weighted by Gasteiger charge is 2.16. The van der Waals surface area contributed by atoms with E-state index in [0.717, 1.165) is 26.6 Å². The molecule has 0 saturated carbocycles. The van der Waals surface area contributed by atoms with E-state index >= 15 is 0 Å². The molecule has 140 valence electrons. The Bertz CT molecular complexity index is 913. The highest BCUT2D eigenvalue weighted by molar-refractivity contribution is 7.99. The molecule has 0 aliphatic carbocycles. The quantitative estimate of drug-likeness (QED) is 0.623. The van der Waals surface area contributed by atoms with E-state index in [0.29, 0.717) is 36.3 Å². The Balaban J connectivity index is 1.33. The highest BCUT2D eigenvalue weighted by atomic mass is 32.2. The summed E-state index contributed by atoms with van der Waals surface area (Å²) in [4.78, 5) is 17.8. The normalized spacial score (nSPS) is 12.8. The monoisotopic (exact) mass is 402 g/mol. The van der Waals surface area contributed by atoms with Gasteiger partial charge in [0.1, 0.15) is 19.0 Å². The van der Waals surface area contributed by atoms with Gasteiger partial charge in [-0.15, -0.1) is 11.8 Å². The van der Waals surface area contributed by atoms with Crippen LogP contribution in [0.25, 0.3) is 10.2 Å². The van der Waals surface area contributed by atoms with Crippen LogP contribution in [0.5, 0.6) is 17.2 Å². The molecule has 8 heteroatoms. The van der Waals surface area contributed by atoms with Gasteiger partial charge in [0.25, 0.3) is 0 Å². The molecule has 1 N–H and O–H groups in total. The third-order valence-corrected chi connectivity index (χ3v) is 5.90. The minimum Gasteiger partial charge on any atom is -0.497 e. The summed E-state index contributed by atoms with van der Waals surface area (Å²) in [6.07, 6.45) is 0.412. The van der Waals surface area contributed by atoms with E-state index < -0.39 is 0 Å². The Morgan fingerprint density at radius 3 is 2.70 bits per heavy atom. The first-order chi connectivity index (χ1) is 13.2. The molecular weight excluding hydrogens is 384 g/mol. The summed E-state index contributed by atoms with van der Waals surface area (Å²) in [6.45, 7) is 1.09. The van der Waals surface area contributed by atoms with Crippen LogP contribution in [0.4, 0.5) is 5.13 Å². The number of ether oxygens (including phenoxy) is 3. The molecule has 0 bridgehead atoms. The number of thioether (sulfide) groups is 1. The molecule has 1 aliphatic heterocycles. The number of anilines is 1. The summed E-state index contributed by atoms with van der Waals surface area (Å²) in [7, 11) is 1.64. The standard InChI is InChI=1S/C19H18N2O4S2/c1-23-12-2-4-13(5-3-12)26-9-6-18(22)21-19-20-14-10-15-16(11-17(14)27-19)25-8-7-24-15/h2-5,10-11H,6-9H2,1H3,(H,20,21,22). The number of aromatic nitrogens is 1. The van der Waals surface area contributed by atoms with Gasteiger partial charge >= 0.3 is 0 Å². The highest BCUT2D eigenvalue weighted by Crippen LogP contribution is 2.37. The summed E-state index contributed by atoms with van der Waals surface area (Å²) >= 11 is 3.07. The largest absolute Gasteiger partial charge is 0.497 e.